The fourth-order valence-electron chi connectivity index (χ4n) is 1.69. The minimum absolute atomic E-state index is 0.0130. The van der Waals surface area contributed by atoms with Crippen molar-refractivity contribution in [1.29, 1.82) is 0 Å². The van der Waals surface area contributed by atoms with Crippen LogP contribution in [0.5, 0.6) is 0 Å². The zero-order valence-corrected chi connectivity index (χ0v) is 11.3. The summed E-state index contributed by atoms with van der Waals surface area (Å²) >= 11 is 0. The fourth-order valence-corrected chi connectivity index (χ4v) is 1.69. The van der Waals surface area contributed by atoms with Gasteiger partial charge in [0.1, 0.15) is 5.69 Å². The fraction of sp³-hybridized carbons (Fsp3) is 0.727. The van der Waals surface area contributed by atoms with Gasteiger partial charge >= 0.3 is 5.69 Å². The molecule has 0 spiro atoms. The summed E-state index contributed by atoms with van der Waals surface area (Å²) in [6.07, 6.45) is 0. The van der Waals surface area contributed by atoms with Crippen molar-refractivity contribution in [3.8, 4) is 0 Å². The molecule has 0 aromatic carbocycles. The van der Waals surface area contributed by atoms with E-state index < -0.39 is 0 Å². The molecule has 1 aromatic rings. The van der Waals surface area contributed by atoms with Crippen LogP contribution in [0.2, 0.25) is 0 Å². The second kappa shape index (κ2) is 6.34. The quantitative estimate of drug-likeness (QED) is 0.457. The van der Waals surface area contributed by atoms with Gasteiger partial charge in [-0.1, -0.05) is 13.8 Å². The maximum Gasteiger partial charge on any atom is 0.334 e. The van der Waals surface area contributed by atoms with Gasteiger partial charge in [0, 0.05) is 26.1 Å². The van der Waals surface area contributed by atoms with Crippen molar-refractivity contribution in [1.82, 2.24) is 9.78 Å². The van der Waals surface area contributed by atoms with Gasteiger partial charge in [-0.25, -0.2) is 4.68 Å². The number of nitrogens with one attached hydrogen (secondary N) is 1. The van der Waals surface area contributed by atoms with Crippen LogP contribution in [-0.2, 0) is 11.8 Å². The highest BCUT2D eigenvalue weighted by Crippen LogP contribution is 2.32. The third-order valence-corrected chi connectivity index (χ3v) is 2.52. The number of aryl methyl sites for hydroxylation is 1. The van der Waals surface area contributed by atoms with E-state index >= 15 is 0 Å². The molecule has 7 nitrogen and oxygen atoms in total. The van der Waals surface area contributed by atoms with Gasteiger partial charge in [-0.3, -0.25) is 10.1 Å². The summed E-state index contributed by atoms with van der Waals surface area (Å²) in [6, 6.07) is 0. The lowest BCUT2D eigenvalue weighted by molar-refractivity contribution is -0.384. The number of anilines is 1. The zero-order chi connectivity index (χ0) is 13.7. The number of aromatic nitrogens is 2. The van der Waals surface area contributed by atoms with Crippen LogP contribution in [0.1, 0.15) is 32.4 Å². The van der Waals surface area contributed by atoms with Crippen molar-refractivity contribution in [3.05, 3.63) is 15.8 Å². The van der Waals surface area contributed by atoms with E-state index in [0.29, 0.717) is 31.3 Å². The minimum atomic E-state index is -0.384. The Hall–Kier alpha value is -1.63. The van der Waals surface area contributed by atoms with Crippen LogP contribution in [0.3, 0.4) is 0 Å². The minimum Gasteiger partial charge on any atom is -0.380 e. The van der Waals surface area contributed by atoms with Crippen molar-refractivity contribution in [2.75, 3.05) is 25.1 Å². The Labute approximate surface area is 106 Å². The van der Waals surface area contributed by atoms with Crippen molar-refractivity contribution >= 4 is 11.5 Å². The van der Waals surface area contributed by atoms with E-state index in [1.807, 2.05) is 20.8 Å². The molecule has 1 aromatic heterocycles. The number of nitrogens with zero attached hydrogens (tertiary/aromatic N) is 3. The van der Waals surface area contributed by atoms with Crippen LogP contribution in [0, 0.1) is 10.1 Å². The summed E-state index contributed by atoms with van der Waals surface area (Å²) in [5.41, 5.74) is 0.561. The highest BCUT2D eigenvalue weighted by molar-refractivity contribution is 5.60. The molecular weight excluding hydrogens is 236 g/mol. The summed E-state index contributed by atoms with van der Waals surface area (Å²) in [7, 11) is 1.70. The number of hydrogen-bond donors (Lipinski definition) is 1. The van der Waals surface area contributed by atoms with Crippen LogP contribution in [0.25, 0.3) is 0 Å². The van der Waals surface area contributed by atoms with Gasteiger partial charge < -0.3 is 10.1 Å². The summed E-state index contributed by atoms with van der Waals surface area (Å²) in [4.78, 5) is 10.7. The van der Waals surface area contributed by atoms with Gasteiger partial charge in [0.15, 0.2) is 0 Å². The van der Waals surface area contributed by atoms with Crippen molar-refractivity contribution in [3.63, 3.8) is 0 Å². The van der Waals surface area contributed by atoms with E-state index in [2.05, 4.69) is 10.4 Å². The third kappa shape index (κ3) is 3.19. The molecule has 0 aliphatic heterocycles. The number of nitro groups is 1. The lowest BCUT2D eigenvalue weighted by atomic mass is 10.1. The predicted octanol–water partition coefficient (Wildman–Crippen LogP) is 1.90. The van der Waals surface area contributed by atoms with Crippen LogP contribution in [-0.4, -0.2) is 34.5 Å². The Kier molecular flexibility index (Phi) is 5.08. The standard InChI is InChI=1S/C11H20N4O3/c1-5-18-7-6-12-11-10(15(16)17)9(8(2)3)13-14(11)4/h8,12H,5-7H2,1-4H3. The first-order valence-electron chi connectivity index (χ1n) is 6.01. The van der Waals surface area contributed by atoms with Gasteiger partial charge in [-0.2, -0.15) is 5.10 Å². The molecule has 0 saturated heterocycles. The molecule has 0 amide bonds. The monoisotopic (exact) mass is 256 g/mol. The third-order valence-electron chi connectivity index (χ3n) is 2.52. The Morgan fingerprint density at radius 1 is 1.56 bits per heavy atom. The van der Waals surface area contributed by atoms with E-state index in [4.69, 9.17) is 4.74 Å². The first-order chi connectivity index (χ1) is 8.49. The van der Waals surface area contributed by atoms with Crippen molar-refractivity contribution in [2.24, 2.45) is 7.05 Å². The maximum atomic E-state index is 11.1. The molecule has 0 atom stereocenters. The molecule has 0 radical (unpaired) electrons. The predicted molar refractivity (Wildman–Crippen MR) is 68.9 cm³/mol. The molecule has 102 valence electrons. The smallest absolute Gasteiger partial charge is 0.334 e. The molecule has 0 unspecified atom stereocenters. The van der Waals surface area contributed by atoms with Crippen LogP contribution < -0.4 is 5.32 Å². The topological polar surface area (TPSA) is 82.2 Å². The van der Waals surface area contributed by atoms with Gasteiger partial charge in [0.05, 0.1) is 11.5 Å². The van der Waals surface area contributed by atoms with E-state index in [0.717, 1.165) is 0 Å². The van der Waals surface area contributed by atoms with Gasteiger partial charge in [0.25, 0.3) is 0 Å². The second-order valence-electron chi connectivity index (χ2n) is 4.24. The molecule has 0 fully saturated rings. The van der Waals surface area contributed by atoms with Crippen molar-refractivity contribution < 1.29 is 9.66 Å². The Bertz CT molecular complexity index is 415. The SMILES string of the molecule is CCOCCNc1c([N+](=O)[O-])c(C(C)C)nn1C. The largest absolute Gasteiger partial charge is 0.380 e. The summed E-state index contributed by atoms with van der Waals surface area (Å²) in [6.45, 7) is 7.34. The Morgan fingerprint density at radius 2 is 2.22 bits per heavy atom. The van der Waals surface area contributed by atoms with Gasteiger partial charge in [-0.05, 0) is 6.92 Å². The molecule has 18 heavy (non-hydrogen) atoms. The number of rotatable bonds is 7. The van der Waals surface area contributed by atoms with Crippen LogP contribution >= 0.6 is 0 Å². The van der Waals surface area contributed by atoms with E-state index in [-0.39, 0.29) is 16.5 Å². The summed E-state index contributed by atoms with van der Waals surface area (Å²) in [5, 5.41) is 18.3. The lowest BCUT2D eigenvalue weighted by Gasteiger charge is -2.05. The van der Waals surface area contributed by atoms with Crippen molar-refractivity contribution in [2.45, 2.75) is 26.7 Å². The summed E-state index contributed by atoms with van der Waals surface area (Å²) < 4.78 is 6.70. The lowest BCUT2D eigenvalue weighted by Crippen LogP contribution is -2.12. The summed E-state index contributed by atoms with van der Waals surface area (Å²) in [5.74, 6) is 0.447. The van der Waals surface area contributed by atoms with E-state index in [1.54, 1.807) is 7.05 Å². The average Bonchev–Trinajstić information content (AvgIpc) is 2.62. The maximum absolute atomic E-state index is 11.1. The highest BCUT2D eigenvalue weighted by atomic mass is 16.6. The molecule has 1 N–H and O–H groups in total. The first-order valence-corrected chi connectivity index (χ1v) is 6.01. The van der Waals surface area contributed by atoms with Crippen LogP contribution in [0.4, 0.5) is 11.5 Å². The van der Waals surface area contributed by atoms with Crippen LogP contribution in [0.15, 0.2) is 0 Å². The molecule has 0 aliphatic carbocycles. The van der Waals surface area contributed by atoms with Gasteiger partial charge in [0.2, 0.25) is 5.82 Å². The number of ether oxygens (including phenoxy) is 1. The molecule has 0 aliphatic rings. The zero-order valence-electron chi connectivity index (χ0n) is 11.3. The molecule has 0 bridgehead atoms. The Balaban J connectivity index is 2.92. The Morgan fingerprint density at radius 3 is 2.72 bits per heavy atom. The first kappa shape index (κ1) is 14.4. The molecule has 0 saturated carbocycles. The van der Waals surface area contributed by atoms with E-state index in [1.165, 1.54) is 4.68 Å². The molecule has 7 heteroatoms. The molecule has 1 rings (SSSR count). The second-order valence-corrected chi connectivity index (χ2v) is 4.24. The average molecular weight is 256 g/mol. The molecule has 1 heterocycles. The van der Waals surface area contributed by atoms with E-state index in [9.17, 15) is 10.1 Å². The highest BCUT2D eigenvalue weighted by Gasteiger charge is 2.28. The molecular formula is C11H20N4O3. The number of hydrogen-bond acceptors (Lipinski definition) is 5. The normalized spacial score (nSPS) is 10.9. The van der Waals surface area contributed by atoms with Gasteiger partial charge in [-0.15, -0.1) is 0 Å².